The Balaban J connectivity index is 0.00000243. The predicted molar refractivity (Wildman–Crippen MR) is 113 cm³/mol. The Hall–Kier alpha value is -0.800. The van der Waals surface area contributed by atoms with E-state index in [1.165, 1.54) is 0 Å². The maximum Gasteiger partial charge on any atom is 0.194 e. The molecule has 26 heavy (non-hydrogen) atoms. The lowest BCUT2D eigenvalue weighted by Crippen LogP contribution is -2.53. The summed E-state index contributed by atoms with van der Waals surface area (Å²) in [5.41, 5.74) is 0. The minimum Gasteiger partial charge on any atom is -0.469 e. The first-order valence-corrected chi connectivity index (χ1v) is 9.65. The minimum atomic E-state index is 0. The largest absolute Gasteiger partial charge is 0.469 e. The van der Waals surface area contributed by atoms with Crippen molar-refractivity contribution in [1.29, 1.82) is 0 Å². The molecular weight excluding hydrogens is 445 g/mol. The highest BCUT2D eigenvalue weighted by atomic mass is 127. The van der Waals surface area contributed by atoms with Crippen LogP contribution < -0.4 is 5.32 Å². The van der Waals surface area contributed by atoms with Crippen molar-refractivity contribution in [3.8, 4) is 0 Å². The second kappa shape index (κ2) is 11.8. The standard InChI is InChI=1S/C19H31N3O3.HI/c1-2-3-9-20-19(21-10-8-16-6-4-12-23-16)22-11-14-25-18(15-22)17-7-5-13-24-17;/h4,6,12,17-18H,2-3,5,7-11,13-15H2,1H3,(H,20,21);1H. The first-order chi connectivity index (χ1) is 12.4. The molecule has 2 aliphatic heterocycles. The van der Waals surface area contributed by atoms with Gasteiger partial charge in [-0.3, -0.25) is 4.99 Å². The maximum atomic E-state index is 5.97. The molecule has 2 fully saturated rings. The number of hydrogen-bond donors (Lipinski definition) is 1. The molecule has 0 aromatic carbocycles. The van der Waals surface area contributed by atoms with Gasteiger partial charge in [-0.2, -0.15) is 0 Å². The number of nitrogens with one attached hydrogen (secondary N) is 1. The number of hydrogen-bond acceptors (Lipinski definition) is 4. The predicted octanol–water partition coefficient (Wildman–Crippen LogP) is 3.07. The molecule has 2 unspecified atom stereocenters. The van der Waals surface area contributed by atoms with E-state index in [2.05, 4.69) is 17.1 Å². The van der Waals surface area contributed by atoms with E-state index in [0.29, 0.717) is 0 Å². The number of nitrogens with zero attached hydrogens (tertiary/aromatic N) is 2. The number of unbranched alkanes of at least 4 members (excludes halogenated alkanes) is 1. The molecule has 1 aromatic rings. The van der Waals surface area contributed by atoms with Crippen LogP contribution >= 0.6 is 24.0 Å². The van der Waals surface area contributed by atoms with Gasteiger partial charge < -0.3 is 24.1 Å². The highest BCUT2D eigenvalue weighted by Gasteiger charge is 2.32. The molecule has 0 amide bonds. The molecule has 0 saturated carbocycles. The van der Waals surface area contributed by atoms with E-state index >= 15 is 0 Å². The van der Waals surface area contributed by atoms with Crippen molar-refractivity contribution >= 4 is 29.9 Å². The molecule has 0 spiro atoms. The van der Waals surface area contributed by atoms with Gasteiger partial charge in [-0.1, -0.05) is 13.3 Å². The van der Waals surface area contributed by atoms with Crippen molar-refractivity contribution in [3.05, 3.63) is 24.2 Å². The Bertz CT molecular complexity index is 518. The van der Waals surface area contributed by atoms with Crippen molar-refractivity contribution in [2.24, 2.45) is 4.99 Å². The van der Waals surface area contributed by atoms with E-state index in [-0.39, 0.29) is 36.2 Å². The van der Waals surface area contributed by atoms with E-state index < -0.39 is 0 Å². The Kier molecular flexibility index (Phi) is 9.77. The molecule has 2 atom stereocenters. The normalized spacial score (nSPS) is 23.7. The Morgan fingerprint density at radius 1 is 1.31 bits per heavy atom. The lowest BCUT2D eigenvalue weighted by atomic mass is 10.1. The summed E-state index contributed by atoms with van der Waals surface area (Å²) in [5, 5.41) is 3.52. The number of aliphatic imine (C=N–C) groups is 1. The summed E-state index contributed by atoms with van der Waals surface area (Å²) in [6.07, 6.45) is 7.49. The van der Waals surface area contributed by atoms with Crippen molar-refractivity contribution in [2.45, 2.75) is 51.2 Å². The zero-order valence-corrected chi connectivity index (χ0v) is 18.0. The van der Waals surface area contributed by atoms with Crippen LogP contribution in [0.2, 0.25) is 0 Å². The van der Waals surface area contributed by atoms with Gasteiger partial charge in [0.25, 0.3) is 0 Å². The molecule has 6 nitrogen and oxygen atoms in total. The summed E-state index contributed by atoms with van der Waals surface area (Å²) in [5.74, 6) is 1.99. The van der Waals surface area contributed by atoms with Gasteiger partial charge in [0.05, 0.1) is 19.0 Å². The second-order valence-corrected chi connectivity index (χ2v) is 6.72. The van der Waals surface area contributed by atoms with Crippen LogP contribution in [0.1, 0.15) is 38.4 Å². The van der Waals surface area contributed by atoms with Gasteiger partial charge in [0, 0.05) is 39.2 Å². The molecule has 148 valence electrons. The molecule has 7 heteroatoms. The fraction of sp³-hybridized carbons (Fsp3) is 0.737. The third-order valence-electron chi connectivity index (χ3n) is 4.78. The molecule has 3 heterocycles. The average Bonchev–Trinajstić information content (AvgIpc) is 3.34. The van der Waals surface area contributed by atoms with Crippen LogP contribution in [0, 0.1) is 0 Å². The van der Waals surface area contributed by atoms with Crippen LogP contribution in [0.3, 0.4) is 0 Å². The summed E-state index contributed by atoms with van der Waals surface area (Å²) < 4.78 is 17.2. The van der Waals surface area contributed by atoms with E-state index in [9.17, 15) is 0 Å². The van der Waals surface area contributed by atoms with Crippen molar-refractivity contribution in [1.82, 2.24) is 10.2 Å². The summed E-state index contributed by atoms with van der Waals surface area (Å²) in [4.78, 5) is 7.15. The maximum absolute atomic E-state index is 5.97. The molecule has 3 rings (SSSR count). The third-order valence-corrected chi connectivity index (χ3v) is 4.78. The van der Waals surface area contributed by atoms with Gasteiger partial charge in [0.15, 0.2) is 5.96 Å². The quantitative estimate of drug-likeness (QED) is 0.283. The van der Waals surface area contributed by atoms with Crippen LogP contribution in [0.4, 0.5) is 0 Å². The number of morpholine rings is 1. The first kappa shape index (κ1) is 21.5. The van der Waals surface area contributed by atoms with Crippen LogP contribution in [-0.4, -0.2) is 62.5 Å². The highest BCUT2D eigenvalue weighted by Crippen LogP contribution is 2.21. The van der Waals surface area contributed by atoms with Crippen molar-refractivity contribution in [2.75, 3.05) is 39.4 Å². The minimum absolute atomic E-state index is 0. The van der Waals surface area contributed by atoms with Gasteiger partial charge in [0.2, 0.25) is 0 Å². The fourth-order valence-corrected chi connectivity index (χ4v) is 3.35. The number of rotatable bonds is 7. The van der Waals surface area contributed by atoms with E-state index in [1.54, 1.807) is 6.26 Å². The fourth-order valence-electron chi connectivity index (χ4n) is 3.35. The Morgan fingerprint density at radius 3 is 2.92 bits per heavy atom. The molecule has 1 aromatic heterocycles. The lowest BCUT2D eigenvalue weighted by Gasteiger charge is -2.37. The van der Waals surface area contributed by atoms with Gasteiger partial charge >= 0.3 is 0 Å². The summed E-state index contributed by atoms with van der Waals surface area (Å²) in [6, 6.07) is 3.94. The SMILES string of the molecule is CCCCN=C(NCCc1ccco1)N1CCOC(C2CCCO2)C1.I. The molecule has 2 aliphatic rings. The van der Waals surface area contributed by atoms with Crippen LogP contribution in [0.5, 0.6) is 0 Å². The molecule has 0 radical (unpaired) electrons. The highest BCUT2D eigenvalue weighted by molar-refractivity contribution is 14.0. The summed E-state index contributed by atoms with van der Waals surface area (Å²) in [7, 11) is 0. The molecule has 2 saturated heterocycles. The van der Waals surface area contributed by atoms with Gasteiger partial charge in [-0.05, 0) is 31.4 Å². The summed E-state index contributed by atoms with van der Waals surface area (Å²) >= 11 is 0. The number of ether oxygens (including phenoxy) is 2. The Morgan fingerprint density at radius 2 is 2.19 bits per heavy atom. The molecule has 0 aliphatic carbocycles. The molecular formula is C19H32IN3O3. The van der Waals surface area contributed by atoms with Gasteiger partial charge in [-0.15, -0.1) is 24.0 Å². The number of guanidine groups is 1. The Labute approximate surface area is 173 Å². The van der Waals surface area contributed by atoms with Gasteiger partial charge in [-0.25, -0.2) is 0 Å². The lowest BCUT2D eigenvalue weighted by molar-refractivity contribution is -0.0817. The van der Waals surface area contributed by atoms with Crippen LogP contribution in [0.25, 0.3) is 0 Å². The van der Waals surface area contributed by atoms with Gasteiger partial charge in [0.1, 0.15) is 11.9 Å². The van der Waals surface area contributed by atoms with Crippen molar-refractivity contribution < 1.29 is 13.9 Å². The van der Waals surface area contributed by atoms with E-state index in [4.69, 9.17) is 18.9 Å². The number of halogens is 1. The van der Waals surface area contributed by atoms with Crippen LogP contribution in [0.15, 0.2) is 27.8 Å². The zero-order valence-electron chi connectivity index (χ0n) is 15.7. The zero-order chi connectivity index (χ0) is 17.3. The van der Waals surface area contributed by atoms with E-state index in [1.807, 2.05) is 12.1 Å². The average molecular weight is 477 g/mol. The topological polar surface area (TPSA) is 59.2 Å². The smallest absolute Gasteiger partial charge is 0.194 e. The summed E-state index contributed by atoms with van der Waals surface area (Å²) in [6.45, 7) is 7.20. The van der Waals surface area contributed by atoms with Crippen molar-refractivity contribution in [3.63, 3.8) is 0 Å². The van der Waals surface area contributed by atoms with Crippen LogP contribution in [-0.2, 0) is 15.9 Å². The first-order valence-electron chi connectivity index (χ1n) is 9.65. The molecule has 0 bridgehead atoms. The monoisotopic (exact) mass is 477 g/mol. The molecule has 1 N–H and O–H groups in total. The third kappa shape index (κ3) is 6.42. The van der Waals surface area contributed by atoms with E-state index in [0.717, 1.165) is 83.2 Å². The second-order valence-electron chi connectivity index (χ2n) is 6.72. The number of furan rings is 1.